The number of hydrogen-bond acceptors (Lipinski definition) is 3. The zero-order valence-electron chi connectivity index (χ0n) is 10.1. The monoisotopic (exact) mass is 232 g/mol. The number of phenols is 1. The predicted molar refractivity (Wildman–Crippen MR) is 67.5 cm³/mol. The molecule has 1 aromatic heterocycles. The van der Waals surface area contributed by atoms with Crippen LogP contribution in [0.5, 0.6) is 5.75 Å². The SMILES string of the molecule is CCCc1c(O)ccc2c(=O)cc(CC)oc12. The Balaban J connectivity index is 2.81. The van der Waals surface area contributed by atoms with Gasteiger partial charge in [0.25, 0.3) is 0 Å². The lowest BCUT2D eigenvalue weighted by atomic mass is 10.0. The van der Waals surface area contributed by atoms with Crippen molar-refractivity contribution in [2.45, 2.75) is 33.1 Å². The average Bonchev–Trinajstić information content (AvgIpc) is 2.32. The van der Waals surface area contributed by atoms with Crippen LogP contribution in [0.1, 0.15) is 31.6 Å². The Labute approximate surface area is 99.7 Å². The van der Waals surface area contributed by atoms with E-state index in [1.807, 2.05) is 13.8 Å². The summed E-state index contributed by atoms with van der Waals surface area (Å²) in [6, 6.07) is 4.71. The lowest BCUT2D eigenvalue weighted by Crippen LogP contribution is -2.03. The van der Waals surface area contributed by atoms with Crippen LogP contribution in [-0.2, 0) is 12.8 Å². The molecule has 0 unspecified atom stereocenters. The lowest BCUT2D eigenvalue weighted by Gasteiger charge is -2.08. The van der Waals surface area contributed by atoms with Gasteiger partial charge in [-0.15, -0.1) is 0 Å². The van der Waals surface area contributed by atoms with E-state index in [-0.39, 0.29) is 11.2 Å². The van der Waals surface area contributed by atoms with Crippen molar-refractivity contribution in [2.24, 2.45) is 0 Å². The van der Waals surface area contributed by atoms with E-state index in [4.69, 9.17) is 4.42 Å². The van der Waals surface area contributed by atoms with Gasteiger partial charge in [-0.1, -0.05) is 20.3 Å². The number of aromatic hydroxyl groups is 1. The van der Waals surface area contributed by atoms with Gasteiger partial charge < -0.3 is 9.52 Å². The number of fused-ring (bicyclic) bond motifs is 1. The van der Waals surface area contributed by atoms with Crippen molar-refractivity contribution < 1.29 is 9.52 Å². The molecule has 3 nitrogen and oxygen atoms in total. The second kappa shape index (κ2) is 4.62. The van der Waals surface area contributed by atoms with Crippen LogP contribution in [0.3, 0.4) is 0 Å². The highest BCUT2D eigenvalue weighted by Gasteiger charge is 2.11. The number of rotatable bonds is 3. The van der Waals surface area contributed by atoms with E-state index in [1.165, 1.54) is 6.07 Å². The first-order valence-electron chi connectivity index (χ1n) is 5.95. The summed E-state index contributed by atoms with van der Waals surface area (Å²) in [6.07, 6.45) is 2.28. The van der Waals surface area contributed by atoms with Crippen LogP contribution < -0.4 is 5.43 Å². The Bertz CT molecular complexity index is 596. The van der Waals surface area contributed by atoms with Gasteiger partial charge >= 0.3 is 0 Å². The molecule has 1 heterocycles. The normalized spacial score (nSPS) is 10.9. The lowest BCUT2D eigenvalue weighted by molar-refractivity contribution is 0.463. The second-order valence-electron chi connectivity index (χ2n) is 4.12. The minimum absolute atomic E-state index is 0.0412. The number of benzene rings is 1. The fourth-order valence-corrected chi connectivity index (χ4v) is 1.98. The number of phenolic OH excluding ortho intramolecular Hbond substituents is 1. The minimum Gasteiger partial charge on any atom is -0.508 e. The summed E-state index contributed by atoms with van der Waals surface area (Å²) in [5, 5.41) is 10.4. The summed E-state index contributed by atoms with van der Waals surface area (Å²) in [6.45, 7) is 3.96. The molecule has 17 heavy (non-hydrogen) atoms. The highest BCUT2D eigenvalue weighted by molar-refractivity contribution is 5.82. The van der Waals surface area contributed by atoms with Gasteiger partial charge in [0.1, 0.15) is 17.1 Å². The maximum atomic E-state index is 11.9. The highest BCUT2D eigenvalue weighted by atomic mass is 16.3. The molecule has 90 valence electrons. The topological polar surface area (TPSA) is 50.4 Å². The molecule has 0 aliphatic carbocycles. The Morgan fingerprint density at radius 2 is 2.06 bits per heavy atom. The fourth-order valence-electron chi connectivity index (χ4n) is 1.98. The van der Waals surface area contributed by atoms with E-state index in [9.17, 15) is 9.90 Å². The average molecular weight is 232 g/mol. The summed E-state index contributed by atoms with van der Waals surface area (Å²) >= 11 is 0. The van der Waals surface area contributed by atoms with Gasteiger partial charge in [0.05, 0.1) is 5.39 Å². The van der Waals surface area contributed by atoms with Crippen molar-refractivity contribution in [3.63, 3.8) is 0 Å². The molecular weight excluding hydrogens is 216 g/mol. The molecule has 1 N–H and O–H groups in total. The van der Waals surface area contributed by atoms with Crippen molar-refractivity contribution >= 4 is 11.0 Å². The van der Waals surface area contributed by atoms with Gasteiger partial charge in [0, 0.05) is 18.1 Å². The number of hydrogen-bond donors (Lipinski definition) is 1. The van der Waals surface area contributed by atoms with Crippen LogP contribution in [0.4, 0.5) is 0 Å². The summed E-state index contributed by atoms with van der Waals surface area (Å²) < 4.78 is 5.70. The van der Waals surface area contributed by atoms with Gasteiger partial charge in [-0.2, -0.15) is 0 Å². The van der Waals surface area contributed by atoms with Gasteiger partial charge in [-0.3, -0.25) is 4.79 Å². The first kappa shape index (κ1) is 11.7. The smallest absolute Gasteiger partial charge is 0.192 e. The molecule has 0 amide bonds. The standard InChI is InChI=1S/C14H16O3/c1-3-5-10-12(15)7-6-11-13(16)8-9(4-2)17-14(10)11/h6-8,15H,3-5H2,1-2H3. The summed E-state index contributed by atoms with van der Waals surface area (Å²) in [4.78, 5) is 11.9. The molecule has 2 rings (SSSR count). The van der Waals surface area contributed by atoms with Crippen molar-refractivity contribution in [1.29, 1.82) is 0 Å². The van der Waals surface area contributed by atoms with Crippen LogP contribution >= 0.6 is 0 Å². The Kier molecular flexibility index (Phi) is 3.18. The van der Waals surface area contributed by atoms with Gasteiger partial charge in [-0.05, 0) is 18.6 Å². The van der Waals surface area contributed by atoms with E-state index in [2.05, 4.69) is 0 Å². The third-order valence-electron chi connectivity index (χ3n) is 2.87. The van der Waals surface area contributed by atoms with E-state index in [0.29, 0.717) is 29.6 Å². The van der Waals surface area contributed by atoms with Crippen molar-refractivity contribution in [2.75, 3.05) is 0 Å². The molecule has 0 radical (unpaired) electrons. The zero-order chi connectivity index (χ0) is 12.4. The first-order valence-corrected chi connectivity index (χ1v) is 5.95. The predicted octanol–water partition coefficient (Wildman–Crippen LogP) is 3.01. The molecule has 2 aromatic rings. The third-order valence-corrected chi connectivity index (χ3v) is 2.87. The quantitative estimate of drug-likeness (QED) is 0.885. The van der Waals surface area contributed by atoms with E-state index in [1.54, 1.807) is 12.1 Å². The summed E-state index contributed by atoms with van der Waals surface area (Å²) in [5.41, 5.74) is 1.23. The van der Waals surface area contributed by atoms with Gasteiger partial charge in [-0.25, -0.2) is 0 Å². The molecule has 0 bridgehead atoms. The maximum Gasteiger partial charge on any atom is 0.192 e. The van der Waals surface area contributed by atoms with Crippen LogP contribution in [0.2, 0.25) is 0 Å². The van der Waals surface area contributed by atoms with E-state index in [0.717, 1.165) is 12.0 Å². The molecule has 3 heteroatoms. The number of aryl methyl sites for hydroxylation is 2. The molecule has 0 saturated heterocycles. The summed E-state index contributed by atoms with van der Waals surface area (Å²) in [5.74, 6) is 0.862. The molecule has 0 saturated carbocycles. The van der Waals surface area contributed by atoms with Crippen LogP contribution in [-0.4, -0.2) is 5.11 Å². The molecule has 0 atom stereocenters. The molecule has 0 fully saturated rings. The molecule has 0 spiro atoms. The molecular formula is C14H16O3. The zero-order valence-corrected chi connectivity index (χ0v) is 10.1. The van der Waals surface area contributed by atoms with E-state index >= 15 is 0 Å². The Hall–Kier alpha value is -1.77. The van der Waals surface area contributed by atoms with Crippen molar-refractivity contribution in [3.8, 4) is 5.75 Å². The molecule has 0 aliphatic heterocycles. The Morgan fingerprint density at radius 1 is 1.29 bits per heavy atom. The van der Waals surface area contributed by atoms with Gasteiger partial charge in [0.15, 0.2) is 5.43 Å². The largest absolute Gasteiger partial charge is 0.508 e. The molecule has 1 aromatic carbocycles. The second-order valence-corrected chi connectivity index (χ2v) is 4.12. The maximum absolute atomic E-state index is 11.9. The molecule has 0 aliphatic rings. The van der Waals surface area contributed by atoms with Crippen LogP contribution in [0, 0.1) is 0 Å². The Morgan fingerprint density at radius 3 is 2.71 bits per heavy atom. The van der Waals surface area contributed by atoms with Crippen LogP contribution in [0.25, 0.3) is 11.0 Å². The first-order chi connectivity index (χ1) is 8.17. The third kappa shape index (κ3) is 2.05. The summed E-state index contributed by atoms with van der Waals surface area (Å²) in [7, 11) is 0. The van der Waals surface area contributed by atoms with Gasteiger partial charge in [0.2, 0.25) is 0 Å². The van der Waals surface area contributed by atoms with E-state index < -0.39 is 0 Å². The van der Waals surface area contributed by atoms with Crippen molar-refractivity contribution in [1.82, 2.24) is 0 Å². The van der Waals surface area contributed by atoms with Crippen molar-refractivity contribution in [3.05, 3.63) is 39.7 Å². The minimum atomic E-state index is -0.0412. The van der Waals surface area contributed by atoms with Crippen LogP contribution in [0.15, 0.2) is 27.4 Å². The highest BCUT2D eigenvalue weighted by Crippen LogP contribution is 2.27. The fraction of sp³-hybridized carbons (Fsp3) is 0.357.